The quantitative estimate of drug-likeness (QED) is 0.609. The van der Waals surface area contributed by atoms with Gasteiger partial charge in [0.15, 0.2) is 10.9 Å². The van der Waals surface area contributed by atoms with E-state index in [4.69, 9.17) is 49.9 Å². The average molecular weight is 519 g/mol. The minimum absolute atomic E-state index is 0.232. The van der Waals surface area contributed by atoms with E-state index in [0.29, 0.717) is 71.3 Å². The average Bonchev–Trinajstić information content (AvgIpc) is 3.26. The van der Waals surface area contributed by atoms with E-state index in [1.165, 1.54) is 0 Å². The first-order valence-electron chi connectivity index (χ1n) is 11.1. The second-order valence-corrected chi connectivity index (χ2v) is 9.69. The first-order chi connectivity index (χ1) is 16.4. The fourth-order valence-electron chi connectivity index (χ4n) is 4.55. The first-order valence-corrected chi connectivity index (χ1v) is 12.3. The Bertz CT molecular complexity index is 1160. The van der Waals surface area contributed by atoms with E-state index in [-0.39, 0.29) is 5.91 Å². The van der Waals surface area contributed by atoms with Crippen molar-refractivity contribution >= 4 is 57.8 Å². The number of piperidine rings is 1. The van der Waals surface area contributed by atoms with Crippen LogP contribution in [-0.2, 0) is 14.3 Å². The van der Waals surface area contributed by atoms with Gasteiger partial charge in [-0.05, 0) is 36.5 Å². The summed E-state index contributed by atoms with van der Waals surface area (Å²) in [6.07, 6.45) is 0.501. The summed E-state index contributed by atoms with van der Waals surface area (Å²) >= 11 is 18.5. The van der Waals surface area contributed by atoms with Crippen molar-refractivity contribution in [3.8, 4) is 0 Å². The Balaban J connectivity index is 1.45. The van der Waals surface area contributed by atoms with Gasteiger partial charge in [-0.3, -0.25) is 4.79 Å². The molecular weight excluding hydrogens is 495 g/mol. The topological polar surface area (TPSA) is 66.4 Å². The number of halogens is 2. The van der Waals surface area contributed by atoms with Crippen molar-refractivity contribution in [2.75, 3.05) is 38.3 Å². The van der Waals surface area contributed by atoms with Crippen LogP contribution in [0.4, 0.5) is 5.69 Å². The fourth-order valence-corrected chi connectivity index (χ4v) is 5.24. The Kier molecular flexibility index (Phi) is 6.52. The monoisotopic (exact) mass is 518 g/mol. The number of carbonyl (C=O) groups excluding carboxylic acids is 1. The standard InChI is InChI=1S/C24H24Cl2N4O3S/c1-29-19-7-6-15(25)14-17(19)20(16-4-2-3-5-18(16)26)27-21(22(29)31)28-23(34)30-10-8-24(9-11-30)32-12-13-33-24/h2-7,14,21H,8-13H2,1H3,(H,28,34). The summed E-state index contributed by atoms with van der Waals surface area (Å²) in [5.41, 5.74) is 2.70. The number of thiocarbonyl (C=S) groups is 1. The molecule has 34 heavy (non-hydrogen) atoms. The largest absolute Gasteiger partial charge is 0.349 e. The molecule has 2 aromatic rings. The van der Waals surface area contributed by atoms with Crippen LogP contribution in [0.25, 0.3) is 0 Å². The SMILES string of the molecule is CN1C(=O)C(NC(=S)N2CCC3(CC2)OCCO3)N=C(c2ccccc2Cl)c2cc(Cl)ccc21. The van der Waals surface area contributed by atoms with E-state index in [0.717, 1.165) is 5.56 Å². The minimum atomic E-state index is -0.926. The summed E-state index contributed by atoms with van der Waals surface area (Å²) in [5, 5.41) is 4.71. The number of anilines is 1. The highest BCUT2D eigenvalue weighted by atomic mass is 35.5. The van der Waals surface area contributed by atoms with Gasteiger partial charge in [0, 0.05) is 54.2 Å². The molecule has 7 nitrogen and oxygen atoms in total. The number of aliphatic imine (C=N–C) groups is 1. The highest BCUT2D eigenvalue weighted by Crippen LogP contribution is 2.33. The Hall–Kier alpha value is -2.23. The van der Waals surface area contributed by atoms with E-state index in [9.17, 15) is 4.79 Å². The van der Waals surface area contributed by atoms with Crippen LogP contribution in [-0.4, -0.2) is 66.9 Å². The zero-order valence-electron chi connectivity index (χ0n) is 18.6. The van der Waals surface area contributed by atoms with Crippen molar-refractivity contribution in [3.05, 3.63) is 63.6 Å². The second kappa shape index (κ2) is 9.43. The molecule has 1 amide bonds. The van der Waals surface area contributed by atoms with Crippen molar-refractivity contribution in [2.24, 2.45) is 4.99 Å². The molecular formula is C24H24Cl2N4O3S. The number of nitrogens with zero attached hydrogens (tertiary/aromatic N) is 3. The summed E-state index contributed by atoms with van der Waals surface area (Å²) in [6, 6.07) is 12.8. The predicted molar refractivity (Wildman–Crippen MR) is 137 cm³/mol. The van der Waals surface area contributed by atoms with Gasteiger partial charge < -0.3 is 24.6 Å². The number of benzene rings is 2. The number of rotatable bonds is 2. The zero-order chi connectivity index (χ0) is 23.9. The third kappa shape index (κ3) is 4.41. The van der Waals surface area contributed by atoms with E-state index < -0.39 is 12.0 Å². The molecule has 10 heteroatoms. The van der Waals surface area contributed by atoms with Gasteiger partial charge in [-0.1, -0.05) is 41.4 Å². The molecule has 1 unspecified atom stereocenters. The van der Waals surface area contributed by atoms with Crippen LogP contribution in [0.5, 0.6) is 0 Å². The van der Waals surface area contributed by atoms with Gasteiger partial charge >= 0.3 is 0 Å². The Morgan fingerprint density at radius 2 is 1.82 bits per heavy atom. The molecule has 0 aromatic heterocycles. The molecule has 3 aliphatic heterocycles. The highest BCUT2D eigenvalue weighted by molar-refractivity contribution is 7.80. The normalized spacial score (nSPS) is 21.8. The molecule has 0 aliphatic carbocycles. The Morgan fingerprint density at radius 1 is 1.12 bits per heavy atom. The van der Waals surface area contributed by atoms with Gasteiger partial charge in [0.05, 0.1) is 24.6 Å². The molecule has 2 aromatic carbocycles. The second-order valence-electron chi connectivity index (χ2n) is 8.46. The fraction of sp³-hybridized carbons (Fsp3) is 0.375. The predicted octanol–water partition coefficient (Wildman–Crippen LogP) is 3.85. The van der Waals surface area contributed by atoms with Crippen LogP contribution in [0.2, 0.25) is 10.0 Å². The van der Waals surface area contributed by atoms with E-state index in [2.05, 4.69) is 5.32 Å². The molecule has 0 radical (unpaired) electrons. The molecule has 0 bridgehead atoms. The van der Waals surface area contributed by atoms with Crippen molar-refractivity contribution in [1.29, 1.82) is 0 Å². The lowest BCUT2D eigenvalue weighted by Crippen LogP contribution is -2.54. The minimum Gasteiger partial charge on any atom is -0.349 e. The van der Waals surface area contributed by atoms with E-state index >= 15 is 0 Å². The van der Waals surface area contributed by atoms with Crippen LogP contribution in [0, 0.1) is 0 Å². The maximum absolute atomic E-state index is 13.4. The summed E-state index contributed by atoms with van der Waals surface area (Å²) in [5.74, 6) is -0.732. The molecule has 1 spiro atoms. The first kappa shape index (κ1) is 23.5. The van der Waals surface area contributed by atoms with E-state index in [1.54, 1.807) is 30.1 Å². The van der Waals surface area contributed by atoms with Gasteiger partial charge in [0.2, 0.25) is 6.17 Å². The molecule has 1 N–H and O–H groups in total. The van der Waals surface area contributed by atoms with Gasteiger partial charge in [-0.2, -0.15) is 0 Å². The summed E-state index contributed by atoms with van der Waals surface area (Å²) in [6.45, 7) is 2.57. The molecule has 3 aliphatic rings. The lowest BCUT2D eigenvalue weighted by atomic mass is 10.00. The molecule has 3 heterocycles. The molecule has 178 valence electrons. The van der Waals surface area contributed by atoms with Gasteiger partial charge in [0.1, 0.15) is 0 Å². The molecule has 1 atom stereocenters. The number of amides is 1. The number of likely N-dealkylation sites (tertiary alicyclic amines) is 1. The molecule has 5 rings (SSSR count). The lowest BCUT2D eigenvalue weighted by Gasteiger charge is -2.39. The smallest absolute Gasteiger partial charge is 0.272 e. The number of nitrogens with one attached hydrogen (secondary N) is 1. The number of benzodiazepines with no additional fused rings is 1. The van der Waals surface area contributed by atoms with E-state index in [1.807, 2.05) is 29.2 Å². The molecule has 2 fully saturated rings. The number of hydrogen-bond acceptors (Lipinski definition) is 5. The van der Waals surface area contributed by atoms with Crippen molar-refractivity contribution in [1.82, 2.24) is 10.2 Å². The van der Waals surface area contributed by atoms with Gasteiger partial charge in [0.25, 0.3) is 5.91 Å². The van der Waals surface area contributed by atoms with Crippen molar-refractivity contribution < 1.29 is 14.3 Å². The van der Waals surface area contributed by atoms with Crippen LogP contribution in [0.1, 0.15) is 24.0 Å². The van der Waals surface area contributed by atoms with Crippen LogP contribution >= 0.6 is 35.4 Å². The maximum Gasteiger partial charge on any atom is 0.272 e. The van der Waals surface area contributed by atoms with Crippen LogP contribution < -0.4 is 10.2 Å². The lowest BCUT2D eigenvalue weighted by molar-refractivity contribution is -0.180. The highest BCUT2D eigenvalue weighted by Gasteiger charge is 2.41. The summed E-state index contributed by atoms with van der Waals surface area (Å²) in [4.78, 5) is 21.9. The zero-order valence-corrected chi connectivity index (χ0v) is 20.9. The number of ether oxygens (including phenoxy) is 2. The van der Waals surface area contributed by atoms with Crippen molar-refractivity contribution in [3.63, 3.8) is 0 Å². The number of likely N-dealkylation sites (N-methyl/N-ethyl adjacent to an activating group) is 1. The third-order valence-electron chi connectivity index (χ3n) is 6.41. The molecule has 0 saturated carbocycles. The van der Waals surface area contributed by atoms with Crippen molar-refractivity contribution in [2.45, 2.75) is 24.8 Å². The number of hydrogen-bond donors (Lipinski definition) is 1. The molecule has 2 saturated heterocycles. The van der Waals surface area contributed by atoms with Crippen LogP contribution in [0.3, 0.4) is 0 Å². The number of fused-ring (bicyclic) bond motifs is 1. The number of carbonyl (C=O) groups is 1. The summed E-state index contributed by atoms with van der Waals surface area (Å²) < 4.78 is 11.6. The van der Waals surface area contributed by atoms with Gasteiger partial charge in [-0.15, -0.1) is 0 Å². The Labute approximate surface area is 213 Å². The van der Waals surface area contributed by atoms with Crippen LogP contribution in [0.15, 0.2) is 47.5 Å². The Morgan fingerprint density at radius 3 is 2.53 bits per heavy atom. The third-order valence-corrected chi connectivity index (χ3v) is 7.35. The summed E-state index contributed by atoms with van der Waals surface area (Å²) in [7, 11) is 1.72. The maximum atomic E-state index is 13.4. The van der Waals surface area contributed by atoms with Gasteiger partial charge in [-0.25, -0.2) is 4.99 Å².